The number of Topliss-reactive ketones (excluding diaryl/α,β-unsaturated/α-hetero) is 1. The van der Waals surface area contributed by atoms with Gasteiger partial charge in [-0.1, -0.05) is 41.5 Å². The van der Waals surface area contributed by atoms with Gasteiger partial charge in [0.15, 0.2) is 22.6 Å². The highest BCUT2D eigenvalue weighted by Crippen LogP contribution is 2.36. The highest BCUT2D eigenvalue weighted by Gasteiger charge is 2.33. The van der Waals surface area contributed by atoms with Crippen LogP contribution < -0.4 is 4.74 Å². The zero-order chi connectivity index (χ0) is 22.5. The second kappa shape index (κ2) is 13.6. The monoisotopic (exact) mass is 407 g/mol. The van der Waals surface area contributed by atoms with Crippen LogP contribution in [0.2, 0.25) is 0 Å². The highest BCUT2D eigenvalue weighted by atomic mass is 19.4. The van der Waals surface area contributed by atoms with Crippen molar-refractivity contribution in [2.24, 2.45) is 0 Å². The second-order valence-electron chi connectivity index (χ2n) is 4.31. The Bertz CT molecular complexity index is 739. The first kappa shape index (κ1) is 27.6. The fourth-order valence-corrected chi connectivity index (χ4v) is 1.65. The molecule has 0 saturated carbocycles. The molecule has 0 aromatic carbocycles. The molecule has 9 heteroatoms. The Morgan fingerprint density at radius 2 is 1.64 bits per heavy atom. The van der Waals surface area contributed by atoms with Crippen LogP contribution in [0.15, 0.2) is 16.7 Å². The number of alkyl halides is 3. The molecule has 2 rings (SSSR count). The van der Waals surface area contributed by atoms with Crippen molar-refractivity contribution in [3.8, 4) is 5.75 Å². The number of pyridine rings is 1. The molecule has 2 heterocycles. The maximum Gasteiger partial charge on any atom is 0.418 e. The predicted molar refractivity (Wildman–Crippen MR) is 101 cm³/mol. The summed E-state index contributed by atoms with van der Waals surface area (Å²) in [6.07, 6.45) is -4.03. The highest BCUT2D eigenvalue weighted by molar-refractivity contribution is 5.97. The van der Waals surface area contributed by atoms with Gasteiger partial charge in [-0.15, -0.1) is 0 Å². The maximum atomic E-state index is 12.7. The van der Waals surface area contributed by atoms with Gasteiger partial charge in [0.2, 0.25) is 0 Å². The summed E-state index contributed by atoms with van der Waals surface area (Å²) in [6, 6.07) is 0.690. The van der Waals surface area contributed by atoms with Gasteiger partial charge in [-0.25, -0.2) is 9.78 Å². The smallest absolute Gasteiger partial charge is 0.418 e. The van der Waals surface area contributed by atoms with Crippen LogP contribution in [0.4, 0.5) is 13.2 Å². The van der Waals surface area contributed by atoms with Gasteiger partial charge in [-0.2, -0.15) is 13.2 Å². The van der Waals surface area contributed by atoms with Gasteiger partial charge in [0, 0.05) is 6.20 Å². The Morgan fingerprint density at radius 3 is 2.07 bits per heavy atom. The molecule has 0 unspecified atom stereocenters. The molecule has 0 aliphatic carbocycles. The summed E-state index contributed by atoms with van der Waals surface area (Å²) in [5, 5.41) is 0. The molecule has 0 aliphatic rings. The van der Waals surface area contributed by atoms with E-state index in [-0.39, 0.29) is 29.2 Å². The van der Waals surface area contributed by atoms with E-state index in [2.05, 4.69) is 9.72 Å². The lowest BCUT2D eigenvalue weighted by atomic mass is 10.2. The van der Waals surface area contributed by atoms with Crippen LogP contribution in [0.25, 0.3) is 11.1 Å². The van der Waals surface area contributed by atoms with Crippen molar-refractivity contribution in [3.05, 3.63) is 23.6 Å². The third kappa shape index (κ3) is 7.58. The van der Waals surface area contributed by atoms with E-state index in [9.17, 15) is 22.8 Å². The Morgan fingerprint density at radius 1 is 1.11 bits per heavy atom. The first-order valence-corrected chi connectivity index (χ1v) is 8.94. The van der Waals surface area contributed by atoms with E-state index in [4.69, 9.17) is 9.15 Å². The third-order valence-corrected chi connectivity index (χ3v) is 2.60. The van der Waals surface area contributed by atoms with Gasteiger partial charge in [0.25, 0.3) is 5.76 Å². The molecule has 28 heavy (non-hydrogen) atoms. The summed E-state index contributed by atoms with van der Waals surface area (Å²) in [5.41, 5.74) is -1.44. The van der Waals surface area contributed by atoms with E-state index < -0.39 is 23.5 Å². The number of carbonyl (C=O) groups is 2. The van der Waals surface area contributed by atoms with Gasteiger partial charge in [0.1, 0.15) is 6.61 Å². The number of ketones is 1. The summed E-state index contributed by atoms with van der Waals surface area (Å²) in [5.74, 6) is -1.99. The molecule has 0 saturated heterocycles. The molecule has 0 N–H and O–H groups in total. The van der Waals surface area contributed by atoms with Crippen molar-refractivity contribution in [3.63, 3.8) is 0 Å². The first-order chi connectivity index (χ1) is 13.2. The molecular weight excluding hydrogens is 379 g/mol. The quantitative estimate of drug-likeness (QED) is 0.607. The summed E-state index contributed by atoms with van der Waals surface area (Å²) in [6.45, 7) is 12.9. The molecule has 0 spiro atoms. The average molecular weight is 407 g/mol. The average Bonchev–Trinajstić information content (AvgIpc) is 3.07. The van der Waals surface area contributed by atoms with Crippen LogP contribution in [0.1, 0.15) is 64.6 Å². The van der Waals surface area contributed by atoms with Gasteiger partial charge in [-0.3, -0.25) is 4.79 Å². The number of nitrogens with zero attached hydrogens (tertiary/aromatic N) is 1. The number of furan rings is 1. The van der Waals surface area contributed by atoms with E-state index in [0.29, 0.717) is 12.3 Å². The number of aromatic nitrogens is 1. The lowest BCUT2D eigenvalue weighted by Crippen LogP contribution is -2.10. The van der Waals surface area contributed by atoms with E-state index in [0.717, 1.165) is 7.11 Å². The molecule has 0 fully saturated rings. The van der Waals surface area contributed by atoms with Crippen molar-refractivity contribution in [1.82, 2.24) is 4.98 Å². The number of methoxy groups -OCH3 is 1. The van der Waals surface area contributed by atoms with Crippen LogP contribution in [-0.2, 0) is 15.7 Å². The zero-order valence-electron chi connectivity index (χ0n) is 17.5. The molecule has 6 nitrogen and oxygen atoms in total. The molecule has 2 aromatic rings. The molecule has 0 radical (unpaired) electrons. The molecule has 2 aromatic heterocycles. The third-order valence-electron chi connectivity index (χ3n) is 2.60. The number of fused-ring (bicyclic) bond motifs is 1. The predicted octanol–water partition coefficient (Wildman–Crippen LogP) is 5.68. The Labute approximate surface area is 163 Å². The van der Waals surface area contributed by atoms with Crippen molar-refractivity contribution in [2.75, 3.05) is 13.7 Å². The second-order valence-corrected chi connectivity index (χ2v) is 4.31. The fraction of sp³-hybridized carbons (Fsp3) is 0.526. The number of ether oxygens (including phenoxy) is 2. The Kier molecular flexibility index (Phi) is 13.4. The lowest BCUT2D eigenvalue weighted by Gasteiger charge is -2.05. The summed E-state index contributed by atoms with van der Waals surface area (Å²) in [4.78, 5) is 26.2. The van der Waals surface area contributed by atoms with Gasteiger partial charge in [0.05, 0.1) is 12.7 Å². The number of halogens is 3. The van der Waals surface area contributed by atoms with Crippen LogP contribution in [0.5, 0.6) is 5.75 Å². The van der Waals surface area contributed by atoms with Crippen LogP contribution in [-0.4, -0.2) is 30.5 Å². The van der Waals surface area contributed by atoms with E-state index in [1.54, 1.807) is 0 Å². The minimum absolute atomic E-state index is 0.102. The molecule has 0 amide bonds. The minimum Gasteiger partial charge on any atom is -0.479 e. The number of carbonyl (C=O) groups excluding carboxylic acids is 2. The summed E-state index contributed by atoms with van der Waals surface area (Å²) in [7, 11) is 1.07. The van der Waals surface area contributed by atoms with E-state index >= 15 is 0 Å². The molecule has 160 valence electrons. The number of rotatable bonds is 4. The lowest BCUT2D eigenvalue weighted by molar-refractivity contribution is -0.137. The van der Waals surface area contributed by atoms with Gasteiger partial charge < -0.3 is 13.9 Å². The maximum absolute atomic E-state index is 12.7. The summed E-state index contributed by atoms with van der Waals surface area (Å²) < 4.78 is 52.6. The van der Waals surface area contributed by atoms with Crippen LogP contribution >= 0.6 is 0 Å². The largest absolute Gasteiger partial charge is 0.479 e. The molecular formula is C19H28F3NO5. The van der Waals surface area contributed by atoms with E-state index in [1.807, 2.05) is 41.5 Å². The number of hydrogen-bond acceptors (Lipinski definition) is 6. The Hall–Kier alpha value is -2.58. The van der Waals surface area contributed by atoms with Crippen molar-refractivity contribution >= 4 is 22.9 Å². The normalized spacial score (nSPS) is 9.68. The standard InChI is InChI=1S/C13H10F3NO5.3C2H6/c1-6(18)5-21-10-9-8(22-11(10)12(19)20-2)3-7(4-17-9)13(14,15)16;3*1-2/h3-4H,5H2,1-2H3;3*1-2H3. The zero-order valence-corrected chi connectivity index (χ0v) is 17.5. The molecule has 0 aliphatic heterocycles. The fourth-order valence-electron chi connectivity index (χ4n) is 1.65. The minimum atomic E-state index is -4.61. The molecule has 0 bridgehead atoms. The van der Waals surface area contributed by atoms with Crippen LogP contribution in [0.3, 0.4) is 0 Å². The van der Waals surface area contributed by atoms with Gasteiger partial charge in [-0.05, 0) is 13.0 Å². The van der Waals surface area contributed by atoms with Crippen molar-refractivity contribution in [2.45, 2.75) is 54.6 Å². The SMILES string of the molecule is CC.CC.CC.COC(=O)c1oc2cc(C(F)(F)F)cnc2c1OCC(C)=O. The van der Waals surface area contributed by atoms with Gasteiger partial charge >= 0.3 is 12.1 Å². The topological polar surface area (TPSA) is 78.6 Å². The Balaban J connectivity index is 0. The van der Waals surface area contributed by atoms with E-state index in [1.165, 1.54) is 6.92 Å². The number of esters is 1. The van der Waals surface area contributed by atoms with Crippen molar-refractivity contribution in [1.29, 1.82) is 0 Å². The van der Waals surface area contributed by atoms with Crippen molar-refractivity contribution < 1.29 is 36.7 Å². The van der Waals surface area contributed by atoms with Crippen LogP contribution in [0, 0.1) is 0 Å². The number of hydrogen-bond donors (Lipinski definition) is 0. The first-order valence-electron chi connectivity index (χ1n) is 8.94. The molecule has 0 atom stereocenters. The summed E-state index contributed by atoms with van der Waals surface area (Å²) >= 11 is 0.